The van der Waals surface area contributed by atoms with Crippen LogP contribution in [0.2, 0.25) is 0 Å². The number of hydrogen-bond acceptors (Lipinski definition) is 5. The Labute approximate surface area is 158 Å². The van der Waals surface area contributed by atoms with Crippen molar-refractivity contribution < 1.29 is 21.6 Å². The van der Waals surface area contributed by atoms with Crippen molar-refractivity contribution >= 4 is 32.7 Å². The monoisotopic (exact) mass is 413 g/mol. The second kappa shape index (κ2) is 7.83. The van der Waals surface area contributed by atoms with Crippen LogP contribution in [0.15, 0.2) is 64.5 Å². The first kappa shape index (κ1) is 19.6. The van der Waals surface area contributed by atoms with Crippen LogP contribution in [0.3, 0.4) is 0 Å². The minimum Gasteiger partial charge on any atom is -0.224 e. The van der Waals surface area contributed by atoms with Crippen LogP contribution in [0.5, 0.6) is 0 Å². The lowest BCUT2D eigenvalue weighted by Crippen LogP contribution is -2.26. The lowest BCUT2D eigenvalue weighted by atomic mass is 10.2. The number of benzene rings is 2. The molecule has 1 heterocycles. The molecule has 27 heavy (non-hydrogen) atoms. The van der Waals surface area contributed by atoms with Gasteiger partial charge in [0.05, 0.1) is 10.4 Å². The fraction of sp³-hybridized carbons (Fsp3) is 0.176. The largest absolute Gasteiger partial charge is 0.451 e. The maximum Gasteiger partial charge on any atom is 0.451 e. The van der Waals surface area contributed by atoms with Crippen LogP contribution in [0, 0.1) is 0 Å². The molecule has 0 unspecified atom stereocenters. The third-order valence-corrected chi connectivity index (χ3v) is 5.98. The van der Waals surface area contributed by atoms with Crippen molar-refractivity contribution in [1.29, 1.82) is 0 Å². The molecule has 0 aliphatic heterocycles. The number of nitrogens with zero attached hydrogens (tertiary/aromatic N) is 2. The zero-order chi connectivity index (χ0) is 19.5. The summed E-state index contributed by atoms with van der Waals surface area (Å²) in [5.74, 6) is -1.00. The molecule has 0 saturated carbocycles. The number of halogens is 3. The number of hydrogen-bond donors (Lipinski definition) is 1. The highest BCUT2D eigenvalue weighted by Crippen LogP contribution is 2.31. The normalized spacial score (nSPS) is 12.4. The van der Waals surface area contributed by atoms with Crippen LogP contribution in [0.4, 0.5) is 13.2 Å². The average molecular weight is 413 g/mol. The Hall–Kier alpha value is -2.17. The van der Waals surface area contributed by atoms with E-state index in [1.807, 2.05) is 0 Å². The van der Waals surface area contributed by atoms with E-state index < -0.39 is 22.0 Å². The molecule has 0 aliphatic rings. The second-order valence-corrected chi connectivity index (χ2v) is 8.28. The Morgan fingerprint density at radius 2 is 1.63 bits per heavy atom. The zero-order valence-electron chi connectivity index (χ0n) is 13.8. The van der Waals surface area contributed by atoms with Crippen LogP contribution >= 0.6 is 11.8 Å². The first-order chi connectivity index (χ1) is 12.8. The van der Waals surface area contributed by atoms with Crippen LogP contribution < -0.4 is 4.72 Å². The van der Waals surface area contributed by atoms with Crippen molar-refractivity contribution in [2.45, 2.75) is 16.1 Å². The van der Waals surface area contributed by atoms with Gasteiger partial charge in [-0.2, -0.15) is 13.2 Å². The van der Waals surface area contributed by atoms with E-state index in [4.69, 9.17) is 0 Å². The van der Waals surface area contributed by atoms with Crippen molar-refractivity contribution in [2.75, 3.05) is 12.3 Å². The highest BCUT2D eigenvalue weighted by atomic mass is 32.2. The van der Waals surface area contributed by atoms with Gasteiger partial charge in [0.25, 0.3) is 0 Å². The van der Waals surface area contributed by atoms with Crippen LogP contribution in [0.1, 0.15) is 5.82 Å². The van der Waals surface area contributed by atoms with Gasteiger partial charge in [0, 0.05) is 17.7 Å². The average Bonchev–Trinajstić information content (AvgIpc) is 2.65. The summed E-state index contributed by atoms with van der Waals surface area (Å²) in [6.45, 7) is 0.0432. The quantitative estimate of drug-likeness (QED) is 0.379. The fourth-order valence-corrected chi connectivity index (χ4v) is 4.35. The maximum absolute atomic E-state index is 13.0. The third kappa shape index (κ3) is 4.76. The SMILES string of the molecule is O=S(=O)(NCCSc1nc(C(F)(F)F)nc2ccccc12)c1ccccc1. The molecule has 0 saturated heterocycles. The molecular formula is C17H14F3N3O2S2. The van der Waals surface area contributed by atoms with Crippen molar-refractivity contribution in [3.63, 3.8) is 0 Å². The zero-order valence-corrected chi connectivity index (χ0v) is 15.4. The fourth-order valence-electron chi connectivity index (χ4n) is 2.29. The van der Waals surface area contributed by atoms with Crippen molar-refractivity contribution in [3.8, 4) is 0 Å². The predicted octanol–water partition coefficient (Wildman–Crippen LogP) is 3.72. The molecule has 0 fully saturated rings. The Morgan fingerprint density at radius 1 is 0.963 bits per heavy atom. The van der Waals surface area contributed by atoms with Crippen LogP contribution in [-0.2, 0) is 16.2 Å². The molecule has 1 aromatic heterocycles. The van der Waals surface area contributed by atoms with E-state index >= 15 is 0 Å². The van der Waals surface area contributed by atoms with E-state index in [1.165, 1.54) is 18.2 Å². The highest BCUT2D eigenvalue weighted by Gasteiger charge is 2.35. The van der Waals surface area contributed by atoms with Crippen molar-refractivity contribution in [3.05, 3.63) is 60.4 Å². The molecule has 0 amide bonds. The minimum atomic E-state index is -4.66. The van der Waals surface area contributed by atoms with Gasteiger partial charge in [-0.15, -0.1) is 11.8 Å². The molecule has 0 spiro atoms. The smallest absolute Gasteiger partial charge is 0.224 e. The van der Waals surface area contributed by atoms with E-state index in [0.717, 1.165) is 11.8 Å². The number of nitrogens with one attached hydrogen (secondary N) is 1. The number of fused-ring (bicyclic) bond motifs is 1. The summed E-state index contributed by atoms with van der Waals surface area (Å²) in [4.78, 5) is 7.29. The van der Waals surface area contributed by atoms with Gasteiger partial charge in [-0.25, -0.2) is 23.1 Å². The molecule has 1 N–H and O–H groups in total. The summed E-state index contributed by atoms with van der Waals surface area (Å²) in [5, 5.41) is 0.647. The topological polar surface area (TPSA) is 72.0 Å². The molecule has 5 nitrogen and oxygen atoms in total. The van der Waals surface area contributed by atoms with Gasteiger partial charge in [0.15, 0.2) is 0 Å². The lowest BCUT2D eigenvalue weighted by Gasteiger charge is -2.11. The number of thioether (sulfide) groups is 1. The Kier molecular flexibility index (Phi) is 5.68. The lowest BCUT2D eigenvalue weighted by molar-refractivity contribution is -0.145. The van der Waals surface area contributed by atoms with Gasteiger partial charge in [0.2, 0.25) is 15.8 Å². The van der Waals surface area contributed by atoms with Crippen LogP contribution in [0.25, 0.3) is 10.9 Å². The summed E-state index contributed by atoms with van der Waals surface area (Å²) in [7, 11) is -3.66. The first-order valence-electron chi connectivity index (χ1n) is 7.79. The molecule has 10 heteroatoms. The molecule has 2 aromatic carbocycles. The van der Waals surface area contributed by atoms with E-state index in [0.29, 0.717) is 5.39 Å². The molecule has 0 atom stereocenters. The first-order valence-corrected chi connectivity index (χ1v) is 10.3. The minimum absolute atomic E-state index is 0.0432. The molecule has 0 bridgehead atoms. The predicted molar refractivity (Wildman–Crippen MR) is 96.9 cm³/mol. The van der Waals surface area contributed by atoms with Gasteiger partial charge in [0.1, 0.15) is 5.03 Å². The Morgan fingerprint density at radius 3 is 2.33 bits per heavy atom. The molecule has 0 radical (unpaired) electrons. The summed E-state index contributed by atoms with van der Waals surface area (Å²) in [6.07, 6.45) is -4.66. The van der Waals surface area contributed by atoms with Gasteiger partial charge < -0.3 is 0 Å². The van der Waals surface area contributed by atoms with E-state index in [-0.39, 0.29) is 27.7 Å². The molecule has 0 aliphatic carbocycles. The molecular weight excluding hydrogens is 399 g/mol. The number of sulfonamides is 1. The molecule has 142 valence electrons. The number of para-hydroxylation sites is 1. The van der Waals surface area contributed by atoms with Gasteiger partial charge in [-0.05, 0) is 18.2 Å². The van der Waals surface area contributed by atoms with Crippen molar-refractivity contribution in [1.82, 2.24) is 14.7 Å². The van der Waals surface area contributed by atoms with Crippen LogP contribution in [-0.4, -0.2) is 30.7 Å². The second-order valence-electron chi connectivity index (χ2n) is 5.43. The Bertz CT molecular complexity index is 1040. The standard InChI is InChI=1S/C17H14F3N3O2S2/c18-17(19,20)16-22-14-9-5-4-8-13(14)15(23-16)26-11-10-21-27(24,25)12-6-2-1-3-7-12/h1-9,21H,10-11H2. The van der Waals surface area contributed by atoms with E-state index in [1.54, 1.807) is 36.4 Å². The third-order valence-electron chi connectivity index (χ3n) is 3.51. The number of aromatic nitrogens is 2. The van der Waals surface area contributed by atoms with Crippen molar-refractivity contribution in [2.24, 2.45) is 0 Å². The summed E-state index contributed by atoms with van der Waals surface area (Å²) < 4.78 is 65.7. The van der Waals surface area contributed by atoms with Gasteiger partial charge >= 0.3 is 6.18 Å². The molecule has 3 rings (SSSR count). The van der Waals surface area contributed by atoms with E-state index in [2.05, 4.69) is 14.7 Å². The van der Waals surface area contributed by atoms with E-state index in [9.17, 15) is 21.6 Å². The summed E-state index contributed by atoms with van der Waals surface area (Å²) >= 11 is 1.04. The number of rotatable bonds is 6. The highest BCUT2D eigenvalue weighted by molar-refractivity contribution is 7.99. The summed E-state index contributed by atoms with van der Waals surface area (Å²) in [6, 6.07) is 14.2. The van der Waals surface area contributed by atoms with Gasteiger partial charge in [-0.3, -0.25) is 0 Å². The number of alkyl halides is 3. The maximum atomic E-state index is 13.0. The van der Waals surface area contributed by atoms with Gasteiger partial charge in [-0.1, -0.05) is 36.4 Å². The molecule has 3 aromatic rings. The summed E-state index contributed by atoms with van der Waals surface area (Å²) in [5.41, 5.74) is 0.187. The Balaban J connectivity index is 1.74.